The summed E-state index contributed by atoms with van der Waals surface area (Å²) in [5.41, 5.74) is 10.9. The summed E-state index contributed by atoms with van der Waals surface area (Å²) in [6, 6.07) is 5.54. The largest absolute Gasteiger partial charge is 0.455 e. The van der Waals surface area contributed by atoms with Crippen LogP contribution in [-0.2, 0) is 0 Å². The molecule has 0 saturated carbocycles. The van der Waals surface area contributed by atoms with Gasteiger partial charge < -0.3 is 16.2 Å². The van der Waals surface area contributed by atoms with Crippen molar-refractivity contribution in [3.05, 3.63) is 52.6 Å². The molecule has 0 atom stereocenters. The van der Waals surface area contributed by atoms with Gasteiger partial charge in [-0.3, -0.25) is 4.79 Å². The van der Waals surface area contributed by atoms with Crippen LogP contribution in [0.25, 0.3) is 0 Å². The number of primary amides is 1. The molecule has 0 unspecified atom stereocenters. The van der Waals surface area contributed by atoms with Gasteiger partial charge in [-0.2, -0.15) is 0 Å². The Morgan fingerprint density at radius 2 is 1.85 bits per heavy atom. The van der Waals surface area contributed by atoms with Crippen molar-refractivity contribution >= 4 is 23.2 Å². The molecular formula is C13H9ClF2N2O2. The molecule has 104 valence electrons. The van der Waals surface area contributed by atoms with Crippen molar-refractivity contribution in [2.75, 3.05) is 5.73 Å². The third-order valence-corrected chi connectivity index (χ3v) is 2.72. The van der Waals surface area contributed by atoms with Crippen LogP contribution in [-0.4, -0.2) is 5.91 Å². The number of benzene rings is 2. The quantitative estimate of drug-likeness (QED) is 0.855. The number of hydrogen-bond acceptors (Lipinski definition) is 3. The minimum Gasteiger partial charge on any atom is -0.455 e. The number of nitrogen functional groups attached to an aromatic ring is 1. The average molecular weight is 299 g/mol. The normalized spacial score (nSPS) is 10.3. The topological polar surface area (TPSA) is 78.3 Å². The molecule has 0 aliphatic carbocycles. The second kappa shape index (κ2) is 5.34. The molecule has 0 aliphatic heterocycles. The van der Waals surface area contributed by atoms with E-state index in [-0.39, 0.29) is 27.8 Å². The van der Waals surface area contributed by atoms with Crippen LogP contribution in [0.3, 0.4) is 0 Å². The summed E-state index contributed by atoms with van der Waals surface area (Å²) in [4.78, 5) is 11.3. The highest BCUT2D eigenvalue weighted by Crippen LogP contribution is 2.35. The Hall–Kier alpha value is -2.34. The SMILES string of the molecule is NC(=O)c1cc(N)cc(Cl)c1Oc1ccc(F)c(F)c1. The van der Waals surface area contributed by atoms with Crippen molar-refractivity contribution in [2.24, 2.45) is 5.73 Å². The number of halogens is 3. The molecule has 0 aromatic heterocycles. The predicted molar refractivity (Wildman–Crippen MR) is 70.8 cm³/mol. The van der Waals surface area contributed by atoms with E-state index in [9.17, 15) is 13.6 Å². The van der Waals surface area contributed by atoms with E-state index in [4.69, 9.17) is 27.8 Å². The minimum absolute atomic E-state index is 0.0296. The van der Waals surface area contributed by atoms with E-state index in [1.54, 1.807) is 0 Å². The van der Waals surface area contributed by atoms with Crippen LogP contribution >= 0.6 is 11.6 Å². The Morgan fingerprint density at radius 3 is 2.45 bits per heavy atom. The van der Waals surface area contributed by atoms with Crippen molar-refractivity contribution in [3.8, 4) is 11.5 Å². The van der Waals surface area contributed by atoms with E-state index in [0.717, 1.165) is 12.1 Å². The van der Waals surface area contributed by atoms with Gasteiger partial charge in [0.2, 0.25) is 0 Å². The zero-order valence-electron chi connectivity index (χ0n) is 9.99. The van der Waals surface area contributed by atoms with Gasteiger partial charge in [-0.15, -0.1) is 0 Å². The van der Waals surface area contributed by atoms with Crippen LogP contribution < -0.4 is 16.2 Å². The molecule has 0 saturated heterocycles. The monoisotopic (exact) mass is 298 g/mol. The summed E-state index contributed by atoms with van der Waals surface area (Å²) >= 11 is 5.92. The van der Waals surface area contributed by atoms with Crippen molar-refractivity contribution < 1.29 is 18.3 Å². The number of hydrogen-bond donors (Lipinski definition) is 2. The van der Waals surface area contributed by atoms with Crippen molar-refractivity contribution in [3.63, 3.8) is 0 Å². The zero-order chi connectivity index (χ0) is 14.9. The van der Waals surface area contributed by atoms with Crippen LogP contribution in [0.5, 0.6) is 11.5 Å². The molecular weight excluding hydrogens is 290 g/mol. The Balaban J connectivity index is 2.47. The highest BCUT2D eigenvalue weighted by Gasteiger charge is 2.16. The lowest BCUT2D eigenvalue weighted by molar-refractivity contribution is 0.0998. The van der Waals surface area contributed by atoms with E-state index < -0.39 is 17.5 Å². The number of ether oxygens (including phenoxy) is 1. The molecule has 0 aliphatic rings. The molecule has 2 aromatic carbocycles. The first-order valence-electron chi connectivity index (χ1n) is 5.40. The van der Waals surface area contributed by atoms with E-state index in [0.29, 0.717) is 0 Å². The van der Waals surface area contributed by atoms with Gasteiger partial charge in [0.15, 0.2) is 17.4 Å². The summed E-state index contributed by atoms with van der Waals surface area (Å²) in [6.07, 6.45) is 0. The highest BCUT2D eigenvalue weighted by molar-refractivity contribution is 6.33. The fourth-order valence-electron chi connectivity index (χ4n) is 1.56. The molecule has 4 nitrogen and oxygen atoms in total. The summed E-state index contributed by atoms with van der Waals surface area (Å²) in [5, 5.41) is 0.0310. The van der Waals surface area contributed by atoms with Crippen LogP contribution in [0.15, 0.2) is 30.3 Å². The Kier molecular flexibility index (Phi) is 3.76. The minimum atomic E-state index is -1.09. The number of anilines is 1. The molecule has 2 aromatic rings. The van der Waals surface area contributed by atoms with Gasteiger partial charge in [0.05, 0.1) is 10.6 Å². The highest BCUT2D eigenvalue weighted by atomic mass is 35.5. The maximum atomic E-state index is 13.1. The standard InChI is InChI=1S/C13H9ClF2N2O2/c14-9-4-6(17)3-8(13(18)19)12(9)20-7-1-2-10(15)11(16)5-7/h1-5H,17H2,(H2,18,19). The molecule has 20 heavy (non-hydrogen) atoms. The first-order valence-corrected chi connectivity index (χ1v) is 5.78. The molecule has 0 bridgehead atoms. The third kappa shape index (κ3) is 2.80. The zero-order valence-corrected chi connectivity index (χ0v) is 10.7. The van der Waals surface area contributed by atoms with Gasteiger partial charge in [0.25, 0.3) is 5.91 Å². The van der Waals surface area contributed by atoms with Crippen LogP contribution in [0, 0.1) is 11.6 Å². The predicted octanol–water partition coefficient (Wildman–Crippen LogP) is 3.09. The first-order chi connectivity index (χ1) is 9.38. The lowest BCUT2D eigenvalue weighted by Gasteiger charge is -2.12. The Morgan fingerprint density at radius 1 is 1.15 bits per heavy atom. The third-order valence-electron chi connectivity index (χ3n) is 2.44. The number of nitrogens with two attached hydrogens (primary N) is 2. The summed E-state index contributed by atoms with van der Waals surface area (Å²) < 4.78 is 31.2. The fourth-order valence-corrected chi connectivity index (χ4v) is 1.83. The summed E-state index contributed by atoms with van der Waals surface area (Å²) in [5.74, 6) is -3.01. The molecule has 1 amide bonds. The smallest absolute Gasteiger partial charge is 0.252 e. The number of rotatable bonds is 3. The van der Waals surface area contributed by atoms with Crippen molar-refractivity contribution in [1.29, 1.82) is 0 Å². The van der Waals surface area contributed by atoms with E-state index in [1.165, 1.54) is 18.2 Å². The maximum Gasteiger partial charge on any atom is 0.252 e. The first kappa shape index (κ1) is 14.1. The van der Waals surface area contributed by atoms with Crippen molar-refractivity contribution in [1.82, 2.24) is 0 Å². The average Bonchev–Trinajstić information content (AvgIpc) is 2.36. The number of carbonyl (C=O) groups excluding carboxylic acids is 1. The van der Waals surface area contributed by atoms with E-state index >= 15 is 0 Å². The van der Waals surface area contributed by atoms with Gasteiger partial charge in [0, 0.05) is 11.8 Å². The fraction of sp³-hybridized carbons (Fsp3) is 0. The van der Waals surface area contributed by atoms with Gasteiger partial charge >= 0.3 is 0 Å². The molecule has 0 spiro atoms. The molecule has 0 fully saturated rings. The lowest BCUT2D eigenvalue weighted by atomic mass is 10.1. The lowest BCUT2D eigenvalue weighted by Crippen LogP contribution is -2.13. The second-order valence-corrected chi connectivity index (χ2v) is 4.33. The van der Waals surface area contributed by atoms with E-state index in [2.05, 4.69) is 0 Å². The number of amides is 1. The molecule has 0 heterocycles. The molecule has 7 heteroatoms. The molecule has 2 rings (SSSR count). The molecule has 0 radical (unpaired) electrons. The summed E-state index contributed by atoms with van der Waals surface area (Å²) in [7, 11) is 0. The van der Waals surface area contributed by atoms with Crippen molar-refractivity contribution in [2.45, 2.75) is 0 Å². The Labute approximate surface area is 117 Å². The van der Waals surface area contributed by atoms with Gasteiger partial charge in [-0.25, -0.2) is 8.78 Å². The van der Waals surface area contributed by atoms with Gasteiger partial charge in [-0.05, 0) is 24.3 Å². The number of carbonyl (C=O) groups is 1. The van der Waals surface area contributed by atoms with Gasteiger partial charge in [0.1, 0.15) is 5.75 Å². The van der Waals surface area contributed by atoms with Crippen LogP contribution in [0.2, 0.25) is 5.02 Å². The van der Waals surface area contributed by atoms with E-state index in [1.807, 2.05) is 0 Å². The summed E-state index contributed by atoms with van der Waals surface area (Å²) in [6.45, 7) is 0. The van der Waals surface area contributed by atoms with Gasteiger partial charge in [-0.1, -0.05) is 11.6 Å². The Bertz CT molecular complexity index is 692. The van der Waals surface area contributed by atoms with Crippen LogP contribution in [0.1, 0.15) is 10.4 Å². The maximum absolute atomic E-state index is 13.1. The molecule has 4 N–H and O–H groups in total. The van der Waals surface area contributed by atoms with Crippen LogP contribution in [0.4, 0.5) is 14.5 Å². The second-order valence-electron chi connectivity index (χ2n) is 3.92.